The van der Waals surface area contributed by atoms with Crippen LogP contribution in [-0.2, 0) is 6.18 Å². The van der Waals surface area contributed by atoms with Gasteiger partial charge in [-0.15, -0.1) is 11.3 Å². The predicted molar refractivity (Wildman–Crippen MR) is 105 cm³/mol. The molecule has 3 N–H and O–H groups in total. The van der Waals surface area contributed by atoms with Crippen molar-refractivity contribution >= 4 is 33.5 Å². The Hall–Kier alpha value is -3.51. The molecule has 0 amide bonds. The average molecular weight is 417 g/mol. The van der Waals surface area contributed by atoms with Crippen LogP contribution >= 0.6 is 11.3 Å². The number of benzene rings is 2. The fourth-order valence-electron chi connectivity index (χ4n) is 2.59. The molecule has 1 aromatic heterocycles. The lowest BCUT2D eigenvalue weighted by Crippen LogP contribution is -2.05. The van der Waals surface area contributed by atoms with Gasteiger partial charge in [0.25, 0.3) is 0 Å². The predicted octanol–water partition coefficient (Wildman–Crippen LogP) is 5.20. The van der Waals surface area contributed by atoms with Crippen LogP contribution in [0.25, 0.3) is 0 Å². The maximum absolute atomic E-state index is 12.9. The van der Waals surface area contributed by atoms with Gasteiger partial charge in [-0.2, -0.15) is 18.4 Å². The average Bonchev–Trinajstić information content (AvgIpc) is 3.02. The van der Waals surface area contributed by atoms with E-state index in [1.807, 2.05) is 6.07 Å². The van der Waals surface area contributed by atoms with Gasteiger partial charge in [0.15, 0.2) is 0 Å². The van der Waals surface area contributed by atoms with Crippen LogP contribution in [0.15, 0.2) is 48.5 Å². The Labute approximate surface area is 168 Å². The molecule has 0 radical (unpaired) electrons. The number of halogens is 3. The van der Waals surface area contributed by atoms with Gasteiger partial charge in [-0.3, -0.25) is 4.79 Å². The van der Waals surface area contributed by atoms with Crippen molar-refractivity contribution in [3.63, 3.8) is 0 Å². The third-order valence-corrected chi connectivity index (χ3v) is 5.18. The molecule has 3 rings (SSSR count). The first-order chi connectivity index (χ1) is 13.7. The van der Waals surface area contributed by atoms with Gasteiger partial charge >= 0.3 is 6.18 Å². The van der Waals surface area contributed by atoms with Crippen LogP contribution in [0.3, 0.4) is 0 Å². The number of hydrogen-bond donors (Lipinski definition) is 2. The maximum Gasteiger partial charge on any atom is 0.416 e. The molecule has 9 heteroatoms. The summed E-state index contributed by atoms with van der Waals surface area (Å²) < 4.78 is 43.8. The zero-order valence-corrected chi connectivity index (χ0v) is 15.8. The molecule has 0 spiro atoms. The van der Waals surface area contributed by atoms with Crippen molar-refractivity contribution in [3.8, 4) is 11.8 Å². The number of thiophene rings is 1. The number of ether oxygens (including phenoxy) is 1. The number of nitrogens with zero attached hydrogens (tertiary/aromatic N) is 1. The Morgan fingerprint density at radius 1 is 1.21 bits per heavy atom. The van der Waals surface area contributed by atoms with Gasteiger partial charge in [0.1, 0.15) is 27.3 Å². The summed E-state index contributed by atoms with van der Waals surface area (Å²) in [6, 6.07) is 12.8. The van der Waals surface area contributed by atoms with Gasteiger partial charge in [0, 0.05) is 11.3 Å². The van der Waals surface area contributed by atoms with Crippen molar-refractivity contribution in [2.45, 2.75) is 6.18 Å². The Morgan fingerprint density at radius 2 is 1.90 bits per heavy atom. The van der Waals surface area contributed by atoms with E-state index in [1.165, 1.54) is 19.2 Å². The van der Waals surface area contributed by atoms with E-state index in [0.29, 0.717) is 11.3 Å². The standard InChI is InChI=1S/C20H14F3N3O2S/c1-28-14-7-5-11(6-8-14)17(27)18-16(25)15(10-24)19(29-18)26-13-4-2-3-12(9-13)20(21,22)23/h2-9,26H,25H2,1H3. The largest absolute Gasteiger partial charge is 0.497 e. The van der Waals surface area contributed by atoms with Crippen LogP contribution in [-0.4, -0.2) is 12.9 Å². The molecular weight excluding hydrogens is 403 g/mol. The highest BCUT2D eigenvalue weighted by Crippen LogP contribution is 2.39. The first kappa shape index (κ1) is 20.2. The molecule has 5 nitrogen and oxygen atoms in total. The van der Waals surface area contributed by atoms with Crippen molar-refractivity contribution in [3.05, 3.63) is 70.1 Å². The lowest BCUT2D eigenvalue weighted by atomic mass is 10.1. The maximum atomic E-state index is 12.9. The number of nitrogens with one attached hydrogen (secondary N) is 1. The van der Waals surface area contributed by atoms with Crippen LogP contribution in [0.1, 0.15) is 26.4 Å². The highest BCUT2D eigenvalue weighted by Gasteiger charge is 2.30. The van der Waals surface area contributed by atoms with Gasteiger partial charge < -0.3 is 15.8 Å². The Morgan fingerprint density at radius 3 is 2.48 bits per heavy atom. The highest BCUT2D eigenvalue weighted by atomic mass is 32.1. The third kappa shape index (κ3) is 4.17. The molecule has 0 bridgehead atoms. The molecule has 0 unspecified atom stereocenters. The summed E-state index contributed by atoms with van der Waals surface area (Å²) in [6.07, 6.45) is -4.50. The van der Waals surface area contributed by atoms with Crippen LogP contribution < -0.4 is 15.8 Å². The third-order valence-electron chi connectivity index (χ3n) is 4.06. The van der Waals surface area contributed by atoms with Gasteiger partial charge in [-0.05, 0) is 42.5 Å². The second-order valence-electron chi connectivity index (χ2n) is 5.92. The molecule has 0 aliphatic heterocycles. The summed E-state index contributed by atoms with van der Waals surface area (Å²) in [4.78, 5) is 12.9. The molecule has 0 fully saturated rings. The fraction of sp³-hybridized carbons (Fsp3) is 0.100. The first-order valence-corrected chi connectivity index (χ1v) is 9.01. The number of hydrogen-bond acceptors (Lipinski definition) is 6. The lowest BCUT2D eigenvalue weighted by molar-refractivity contribution is -0.137. The van der Waals surface area contributed by atoms with Crippen LogP contribution in [0.4, 0.5) is 29.5 Å². The summed E-state index contributed by atoms with van der Waals surface area (Å²) in [5.74, 6) is 0.175. The Bertz CT molecular complexity index is 1100. The van der Waals surface area contributed by atoms with E-state index in [1.54, 1.807) is 24.3 Å². The number of nitrogen functional groups attached to an aromatic ring is 1. The van der Waals surface area contributed by atoms with E-state index in [9.17, 15) is 23.2 Å². The number of methoxy groups -OCH3 is 1. The van der Waals surface area contributed by atoms with Crippen LogP contribution in [0.2, 0.25) is 0 Å². The Kier molecular flexibility index (Phi) is 5.48. The SMILES string of the molecule is COc1ccc(C(=O)c2sc(Nc3cccc(C(F)(F)F)c3)c(C#N)c2N)cc1. The summed E-state index contributed by atoms with van der Waals surface area (Å²) in [5.41, 5.74) is 5.60. The topological polar surface area (TPSA) is 88.1 Å². The number of alkyl halides is 3. The number of nitriles is 1. The fourth-order valence-corrected chi connectivity index (χ4v) is 3.64. The molecule has 0 saturated heterocycles. The summed E-state index contributed by atoms with van der Waals surface area (Å²) in [7, 11) is 1.50. The summed E-state index contributed by atoms with van der Waals surface area (Å²) in [5, 5.41) is 12.4. The minimum Gasteiger partial charge on any atom is -0.497 e. The summed E-state index contributed by atoms with van der Waals surface area (Å²) in [6.45, 7) is 0. The van der Waals surface area contributed by atoms with Crippen LogP contribution in [0, 0.1) is 11.3 Å². The van der Waals surface area contributed by atoms with E-state index in [0.717, 1.165) is 23.5 Å². The molecule has 29 heavy (non-hydrogen) atoms. The van der Waals surface area contributed by atoms with E-state index in [-0.39, 0.29) is 26.8 Å². The van der Waals surface area contributed by atoms with E-state index >= 15 is 0 Å². The molecule has 0 saturated carbocycles. The van der Waals surface area contributed by atoms with Gasteiger partial charge in [0.05, 0.1) is 18.4 Å². The van der Waals surface area contributed by atoms with Crippen molar-refractivity contribution in [1.82, 2.24) is 0 Å². The minimum absolute atomic E-state index is 0.00396. The first-order valence-electron chi connectivity index (χ1n) is 8.20. The monoisotopic (exact) mass is 417 g/mol. The second-order valence-corrected chi connectivity index (χ2v) is 6.94. The molecule has 3 aromatic rings. The molecule has 0 aliphatic rings. The highest BCUT2D eigenvalue weighted by molar-refractivity contribution is 7.19. The normalized spacial score (nSPS) is 11.0. The van der Waals surface area contributed by atoms with Crippen molar-refractivity contribution in [2.24, 2.45) is 0 Å². The smallest absolute Gasteiger partial charge is 0.416 e. The molecule has 2 aromatic carbocycles. The number of carbonyl (C=O) groups excluding carboxylic acids is 1. The van der Waals surface area contributed by atoms with E-state index in [2.05, 4.69) is 5.32 Å². The second kappa shape index (κ2) is 7.85. The minimum atomic E-state index is -4.50. The zero-order chi connectivity index (χ0) is 21.2. The quantitative estimate of drug-likeness (QED) is 0.557. The molecule has 148 valence electrons. The number of carbonyl (C=O) groups is 1. The Balaban J connectivity index is 1.96. The molecule has 0 atom stereocenters. The molecule has 1 heterocycles. The number of nitrogens with two attached hydrogens (primary N) is 1. The summed E-state index contributed by atoms with van der Waals surface area (Å²) >= 11 is 0.911. The molecular formula is C20H14F3N3O2S. The van der Waals surface area contributed by atoms with Crippen molar-refractivity contribution in [1.29, 1.82) is 5.26 Å². The van der Waals surface area contributed by atoms with E-state index < -0.39 is 17.5 Å². The lowest BCUT2D eigenvalue weighted by Gasteiger charge is -2.09. The number of rotatable bonds is 5. The number of ketones is 1. The van der Waals surface area contributed by atoms with Gasteiger partial charge in [-0.25, -0.2) is 0 Å². The number of anilines is 3. The van der Waals surface area contributed by atoms with E-state index in [4.69, 9.17) is 10.5 Å². The van der Waals surface area contributed by atoms with Crippen molar-refractivity contribution in [2.75, 3.05) is 18.2 Å². The van der Waals surface area contributed by atoms with Gasteiger partial charge in [0.2, 0.25) is 5.78 Å². The van der Waals surface area contributed by atoms with Gasteiger partial charge in [-0.1, -0.05) is 6.07 Å². The zero-order valence-electron chi connectivity index (χ0n) is 15.0. The molecule has 0 aliphatic carbocycles. The van der Waals surface area contributed by atoms with Crippen molar-refractivity contribution < 1.29 is 22.7 Å². The van der Waals surface area contributed by atoms with Crippen LogP contribution in [0.5, 0.6) is 5.75 Å².